The third-order valence-electron chi connectivity index (χ3n) is 3.02. The van der Waals surface area contributed by atoms with Crippen molar-refractivity contribution in [1.82, 2.24) is 10.2 Å². The largest absolute Gasteiger partial charge is 0.353 e. The lowest BCUT2D eigenvalue weighted by Crippen LogP contribution is -2.56. The van der Waals surface area contributed by atoms with Crippen molar-refractivity contribution in [2.45, 2.75) is 19.4 Å². The van der Waals surface area contributed by atoms with Gasteiger partial charge in [-0.15, -0.1) is 0 Å². The van der Waals surface area contributed by atoms with E-state index in [9.17, 15) is 9.59 Å². The average Bonchev–Trinajstić information content (AvgIpc) is 2.34. The van der Waals surface area contributed by atoms with Crippen molar-refractivity contribution in [1.29, 1.82) is 0 Å². The van der Waals surface area contributed by atoms with Gasteiger partial charge in [0.2, 0.25) is 11.8 Å². The lowest BCUT2D eigenvalue weighted by Gasteiger charge is -2.32. The Hall–Kier alpha value is -1.84. The standard InChI is InChI=1S/C13H16N2O2/c1-10-13(17)14-7-8-15(10)12(16)9-11-5-3-2-4-6-11/h2-6,10H,7-9H2,1H3,(H,14,17). The molecule has 2 amide bonds. The molecule has 1 aliphatic rings. The van der Waals surface area contributed by atoms with Crippen LogP contribution in [0, 0.1) is 0 Å². The molecule has 0 bridgehead atoms. The van der Waals surface area contributed by atoms with Crippen molar-refractivity contribution in [2.24, 2.45) is 0 Å². The van der Waals surface area contributed by atoms with Gasteiger partial charge >= 0.3 is 0 Å². The second kappa shape index (κ2) is 4.99. The van der Waals surface area contributed by atoms with Gasteiger partial charge < -0.3 is 10.2 Å². The minimum atomic E-state index is -0.361. The molecule has 0 radical (unpaired) electrons. The van der Waals surface area contributed by atoms with Crippen molar-refractivity contribution in [3.63, 3.8) is 0 Å². The van der Waals surface area contributed by atoms with Crippen LogP contribution in [0.3, 0.4) is 0 Å². The SMILES string of the molecule is CC1C(=O)NCCN1C(=O)Cc1ccccc1. The highest BCUT2D eigenvalue weighted by Gasteiger charge is 2.28. The number of amides is 2. The van der Waals surface area contributed by atoms with Crippen molar-refractivity contribution in [3.8, 4) is 0 Å². The van der Waals surface area contributed by atoms with E-state index in [4.69, 9.17) is 0 Å². The van der Waals surface area contributed by atoms with E-state index in [2.05, 4.69) is 5.32 Å². The predicted molar refractivity (Wildman–Crippen MR) is 64.3 cm³/mol. The first kappa shape index (κ1) is 11.6. The van der Waals surface area contributed by atoms with E-state index in [-0.39, 0.29) is 17.9 Å². The fraction of sp³-hybridized carbons (Fsp3) is 0.385. The highest BCUT2D eigenvalue weighted by Crippen LogP contribution is 2.08. The molecule has 1 aliphatic heterocycles. The Morgan fingerprint density at radius 3 is 2.82 bits per heavy atom. The van der Waals surface area contributed by atoms with E-state index in [0.717, 1.165) is 5.56 Å². The zero-order valence-electron chi connectivity index (χ0n) is 9.85. The summed E-state index contributed by atoms with van der Waals surface area (Å²) in [4.78, 5) is 25.2. The van der Waals surface area contributed by atoms with Crippen LogP contribution in [0.1, 0.15) is 12.5 Å². The Balaban J connectivity index is 2.02. The normalized spacial score (nSPS) is 19.9. The molecule has 17 heavy (non-hydrogen) atoms. The second-order valence-corrected chi connectivity index (χ2v) is 4.22. The van der Waals surface area contributed by atoms with Crippen molar-refractivity contribution in [3.05, 3.63) is 35.9 Å². The molecular weight excluding hydrogens is 216 g/mol. The Morgan fingerprint density at radius 1 is 1.41 bits per heavy atom. The molecule has 1 fully saturated rings. The second-order valence-electron chi connectivity index (χ2n) is 4.22. The lowest BCUT2D eigenvalue weighted by molar-refractivity contribution is -0.142. The molecule has 0 aliphatic carbocycles. The molecule has 2 rings (SSSR count). The van der Waals surface area contributed by atoms with Gasteiger partial charge in [0.25, 0.3) is 0 Å². The quantitative estimate of drug-likeness (QED) is 0.810. The zero-order chi connectivity index (χ0) is 12.3. The van der Waals surface area contributed by atoms with Crippen molar-refractivity contribution in [2.75, 3.05) is 13.1 Å². The van der Waals surface area contributed by atoms with E-state index < -0.39 is 0 Å². The zero-order valence-corrected chi connectivity index (χ0v) is 9.85. The third kappa shape index (κ3) is 2.64. The van der Waals surface area contributed by atoms with E-state index in [0.29, 0.717) is 19.5 Å². The highest BCUT2D eigenvalue weighted by molar-refractivity contribution is 5.89. The minimum Gasteiger partial charge on any atom is -0.353 e. The molecule has 1 aromatic carbocycles. The van der Waals surface area contributed by atoms with Crippen LogP contribution in [-0.4, -0.2) is 35.8 Å². The first-order valence-electron chi connectivity index (χ1n) is 5.79. The Kier molecular flexibility index (Phi) is 3.42. The Morgan fingerprint density at radius 2 is 2.12 bits per heavy atom. The van der Waals surface area contributed by atoms with Gasteiger partial charge in [-0.05, 0) is 12.5 Å². The molecule has 0 aromatic heterocycles. The molecule has 0 spiro atoms. The fourth-order valence-corrected chi connectivity index (χ4v) is 2.00. The van der Waals surface area contributed by atoms with Gasteiger partial charge in [-0.2, -0.15) is 0 Å². The van der Waals surface area contributed by atoms with Gasteiger partial charge in [0, 0.05) is 13.1 Å². The third-order valence-corrected chi connectivity index (χ3v) is 3.02. The van der Waals surface area contributed by atoms with Crippen LogP contribution in [-0.2, 0) is 16.0 Å². The average molecular weight is 232 g/mol. The topological polar surface area (TPSA) is 49.4 Å². The maximum absolute atomic E-state index is 12.1. The summed E-state index contributed by atoms with van der Waals surface area (Å²) in [5.74, 6) is -0.0591. The monoisotopic (exact) mass is 232 g/mol. The summed E-state index contributed by atoms with van der Waals surface area (Å²) in [5.41, 5.74) is 0.982. The molecule has 4 heteroatoms. The highest BCUT2D eigenvalue weighted by atomic mass is 16.2. The minimum absolute atomic E-state index is 0.0125. The molecule has 0 saturated carbocycles. The van der Waals surface area contributed by atoms with E-state index in [1.165, 1.54) is 0 Å². The van der Waals surface area contributed by atoms with Crippen molar-refractivity contribution >= 4 is 11.8 Å². The van der Waals surface area contributed by atoms with Crippen LogP contribution in [0.25, 0.3) is 0 Å². The van der Waals surface area contributed by atoms with Crippen LogP contribution in [0.5, 0.6) is 0 Å². The fourth-order valence-electron chi connectivity index (χ4n) is 2.00. The summed E-state index contributed by atoms with van der Waals surface area (Å²) in [5, 5.41) is 2.75. The Labute approximate surface area is 101 Å². The summed E-state index contributed by atoms with van der Waals surface area (Å²) in [6.45, 7) is 2.90. The van der Waals surface area contributed by atoms with E-state index >= 15 is 0 Å². The molecule has 90 valence electrons. The number of nitrogens with one attached hydrogen (secondary N) is 1. The smallest absolute Gasteiger partial charge is 0.242 e. The number of rotatable bonds is 2. The van der Waals surface area contributed by atoms with Gasteiger partial charge in [-0.1, -0.05) is 30.3 Å². The molecule has 1 unspecified atom stereocenters. The first-order chi connectivity index (χ1) is 8.18. The summed E-state index contributed by atoms with van der Waals surface area (Å²) in [6, 6.07) is 9.23. The van der Waals surface area contributed by atoms with Gasteiger partial charge in [0.1, 0.15) is 6.04 Å². The number of hydrogen-bond donors (Lipinski definition) is 1. The number of hydrogen-bond acceptors (Lipinski definition) is 2. The van der Waals surface area contributed by atoms with Crippen LogP contribution >= 0.6 is 0 Å². The van der Waals surface area contributed by atoms with Gasteiger partial charge in [-0.25, -0.2) is 0 Å². The number of carbonyl (C=O) groups excluding carboxylic acids is 2. The number of nitrogens with zero attached hydrogens (tertiary/aromatic N) is 1. The number of carbonyl (C=O) groups is 2. The molecule has 1 saturated heterocycles. The van der Waals surface area contributed by atoms with Crippen LogP contribution in [0.2, 0.25) is 0 Å². The summed E-state index contributed by atoms with van der Waals surface area (Å²) in [6.07, 6.45) is 0.360. The van der Waals surface area contributed by atoms with Crippen molar-refractivity contribution < 1.29 is 9.59 Å². The van der Waals surface area contributed by atoms with Gasteiger partial charge in [0.05, 0.1) is 6.42 Å². The molecule has 1 atom stereocenters. The summed E-state index contributed by atoms with van der Waals surface area (Å²) in [7, 11) is 0. The molecule has 1 N–H and O–H groups in total. The maximum atomic E-state index is 12.1. The van der Waals surface area contributed by atoms with Gasteiger partial charge in [-0.3, -0.25) is 9.59 Å². The predicted octanol–water partition coefficient (Wildman–Crippen LogP) is 0.576. The Bertz CT molecular complexity index is 417. The van der Waals surface area contributed by atoms with E-state index in [1.807, 2.05) is 30.3 Å². The summed E-state index contributed by atoms with van der Waals surface area (Å²) < 4.78 is 0. The molecule has 1 aromatic rings. The van der Waals surface area contributed by atoms with Crippen LogP contribution in [0.4, 0.5) is 0 Å². The maximum Gasteiger partial charge on any atom is 0.242 e. The van der Waals surface area contributed by atoms with Gasteiger partial charge in [0.15, 0.2) is 0 Å². The first-order valence-corrected chi connectivity index (χ1v) is 5.79. The lowest BCUT2D eigenvalue weighted by atomic mass is 10.1. The number of piperazine rings is 1. The van der Waals surface area contributed by atoms with E-state index in [1.54, 1.807) is 11.8 Å². The molecule has 4 nitrogen and oxygen atoms in total. The number of benzene rings is 1. The van der Waals surface area contributed by atoms with Crippen LogP contribution < -0.4 is 5.32 Å². The van der Waals surface area contributed by atoms with Crippen LogP contribution in [0.15, 0.2) is 30.3 Å². The summed E-state index contributed by atoms with van der Waals surface area (Å²) >= 11 is 0. The molecule has 1 heterocycles. The molecular formula is C13H16N2O2.